The van der Waals surface area contributed by atoms with Crippen molar-refractivity contribution in [2.24, 2.45) is 0 Å². The first-order valence-corrected chi connectivity index (χ1v) is 11.7. The van der Waals surface area contributed by atoms with E-state index in [0.717, 1.165) is 49.4 Å². The second kappa shape index (κ2) is 12.1. The van der Waals surface area contributed by atoms with Gasteiger partial charge in [-0.05, 0) is 67.8 Å². The molecule has 0 spiro atoms. The van der Waals surface area contributed by atoms with Gasteiger partial charge in [0.25, 0.3) is 5.91 Å². The van der Waals surface area contributed by atoms with Gasteiger partial charge in [-0.3, -0.25) is 9.59 Å². The Kier molecular flexibility index (Phi) is 9.23. The minimum atomic E-state index is -0.0173. The van der Waals surface area contributed by atoms with E-state index in [1.165, 1.54) is 0 Å². The Balaban J connectivity index is 0.00000342. The minimum absolute atomic E-state index is 0. The van der Waals surface area contributed by atoms with Crippen molar-refractivity contribution in [2.75, 3.05) is 52.8 Å². The molecule has 1 atom stereocenters. The Hall–Kier alpha value is -2.97. The van der Waals surface area contributed by atoms with E-state index in [9.17, 15) is 9.59 Å². The first-order chi connectivity index (χ1) is 16.5. The molecule has 2 amide bonds. The monoisotopic (exact) mass is 503 g/mol. The molecule has 1 N–H and O–H groups in total. The summed E-state index contributed by atoms with van der Waals surface area (Å²) in [4.78, 5) is 30.1. The van der Waals surface area contributed by atoms with Crippen molar-refractivity contribution in [3.05, 3.63) is 47.5 Å². The number of hydrogen-bond acceptors (Lipinski definition) is 6. The van der Waals surface area contributed by atoms with Crippen molar-refractivity contribution in [3.8, 4) is 17.2 Å². The van der Waals surface area contributed by atoms with Crippen LogP contribution in [-0.2, 0) is 11.2 Å². The van der Waals surface area contributed by atoms with E-state index < -0.39 is 0 Å². The van der Waals surface area contributed by atoms with Crippen LogP contribution in [0, 0.1) is 0 Å². The molecular weight excluding hydrogens is 470 g/mol. The van der Waals surface area contributed by atoms with Crippen LogP contribution in [-0.4, -0.2) is 75.2 Å². The van der Waals surface area contributed by atoms with Crippen LogP contribution in [0.1, 0.15) is 35.2 Å². The molecule has 2 aromatic carbocycles. The summed E-state index contributed by atoms with van der Waals surface area (Å²) in [6.45, 7) is 3.08. The predicted octanol–water partition coefficient (Wildman–Crippen LogP) is 3.63. The van der Waals surface area contributed by atoms with E-state index in [4.69, 9.17) is 14.2 Å². The van der Waals surface area contributed by atoms with Gasteiger partial charge in [0.05, 0.1) is 21.3 Å². The van der Waals surface area contributed by atoms with Crippen LogP contribution in [0.5, 0.6) is 17.2 Å². The summed E-state index contributed by atoms with van der Waals surface area (Å²) >= 11 is 0. The van der Waals surface area contributed by atoms with Crippen LogP contribution in [0.25, 0.3) is 0 Å². The number of halogens is 1. The lowest BCUT2D eigenvalue weighted by Crippen LogP contribution is -2.52. The second-order valence-corrected chi connectivity index (χ2v) is 8.74. The van der Waals surface area contributed by atoms with E-state index in [2.05, 4.69) is 10.2 Å². The molecule has 9 heteroatoms. The van der Waals surface area contributed by atoms with Crippen molar-refractivity contribution in [2.45, 2.75) is 31.7 Å². The number of nitrogens with zero attached hydrogens (tertiary/aromatic N) is 2. The number of carbonyl (C=O) groups excluding carboxylic acids is 2. The third kappa shape index (κ3) is 6.18. The molecule has 2 aliphatic heterocycles. The van der Waals surface area contributed by atoms with E-state index in [1.54, 1.807) is 27.4 Å². The van der Waals surface area contributed by atoms with Gasteiger partial charge in [0.2, 0.25) is 5.91 Å². The fourth-order valence-electron chi connectivity index (χ4n) is 4.82. The molecule has 190 valence electrons. The molecule has 0 aliphatic carbocycles. The van der Waals surface area contributed by atoms with E-state index in [-0.39, 0.29) is 30.3 Å². The third-order valence-corrected chi connectivity index (χ3v) is 6.67. The largest absolute Gasteiger partial charge is 0.497 e. The molecule has 0 radical (unpaired) electrons. The molecule has 35 heavy (non-hydrogen) atoms. The number of amides is 2. The number of piperidine rings is 1. The Morgan fingerprint density at radius 1 is 1.03 bits per heavy atom. The number of ether oxygens (including phenoxy) is 3. The van der Waals surface area contributed by atoms with Gasteiger partial charge in [0.1, 0.15) is 5.75 Å². The highest BCUT2D eigenvalue weighted by molar-refractivity contribution is 5.97. The van der Waals surface area contributed by atoms with Gasteiger partial charge in [0, 0.05) is 43.3 Å². The summed E-state index contributed by atoms with van der Waals surface area (Å²) in [7, 11) is 4.80. The maximum Gasteiger partial charge on any atom is 0.254 e. The molecule has 0 saturated carbocycles. The average molecular weight is 504 g/mol. The highest BCUT2D eigenvalue weighted by atomic mass is 35.5. The van der Waals surface area contributed by atoms with E-state index in [0.29, 0.717) is 36.6 Å². The quantitative estimate of drug-likeness (QED) is 0.592. The summed E-state index contributed by atoms with van der Waals surface area (Å²) in [6, 6.07) is 11.2. The summed E-state index contributed by atoms with van der Waals surface area (Å²) in [5.74, 6) is 2.01. The molecule has 1 unspecified atom stereocenters. The van der Waals surface area contributed by atoms with Gasteiger partial charge in [-0.2, -0.15) is 0 Å². The molecule has 8 nitrogen and oxygen atoms in total. The Labute approximate surface area is 212 Å². The Bertz CT molecular complexity index is 1030. The van der Waals surface area contributed by atoms with Gasteiger partial charge in [-0.25, -0.2) is 0 Å². The predicted molar refractivity (Wildman–Crippen MR) is 137 cm³/mol. The number of carbonyl (C=O) groups is 2. The fourth-order valence-corrected chi connectivity index (χ4v) is 4.82. The van der Waals surface area contributed by atoms with Crippen LogP contribution in [0.4, 0.5) is 5.69 Å². The number of benzene rings is 2. The highest BCUT2D eigenvalue weighted by Crippen LogP contribution is 2.34. The van der Waals surface area contributed by atoms with Crippen LogP contribution in [0.2, 0.25) is 0 Å². The van der Waals surface area contributed by atoms with Crippen LogP contribution in [0.3, 0.4) is 0 Å². The van der Waals surface area contributed by atoms with E-state index >= 15 is 0 Å². The van der Waals surface area contributed by atoms with Crippen LogP contribution in [0.15, 0.2) is 36.4 Å². The molecule has 0 aromatic heterocycles. The number of hydrogen-bond donors (Lipinski definition) is 1. The molecule has 1 fully saturated rings. The lowest BCUT2D eigenvalue weighted by Gasteiger charge is -2.41. The van der Waals surface area contributed by atoms with Gasteiger partial charge in [-0.15, -0.1) is 12.4 Å². The standard InChI is InChI=1S/C26H33N3O5.ClH/c1-32-21-8-6-19(7-9-21)27-25(30)11-13-28-12-4-5-20(17-28)29-14-10-18-15-23(33-2)24(34-3)16-22(18)26(29)31;/h6-9,15-16,20H,4-5,10-14,17H2,1-3H3,(H,27,30);1H. The summed E-state index contributed by atoms with van der Waals surface area (Å²) in [5.41, 5.74) is 2.45. The third-order valence-electron chi connectivity index (χ3n) is 6.67. The van der Waals surface area contributed by atoms with Crippen LogP contribution >= 0.6 is 12.4 Å². The zero-order valence-electron chi connectivity index (χ0n) is 20.5. The number of fused-ring (bicyclic) bond motifs is 1. The molecule has 2 aromatic rings. The molecule has 4 rings (SSSR count). The minimum Gasteiger partial charge on any atom is -0.497 e. The SMILES string of the molecule is COc1ccc(NC(=O)CCN2CCCC(N3CCc4cc(OC)c(OC)cc4C3=O)C2)cc1.Cl. The Morgan fingerprint density at radius 2 is 1.74 bits per heavy atom. The van der Waals surface area contributed by atoms with Crippen molar-refractivity contribution in [3.63, 3.8) is 0 Å². The maximum absolute atomic E-state index is 13.3. The number of methoxy groups -OCH3 is 3. The van der Waals surface area contributed by atoms with Gasteiger partial charge in [0.15, 0.2) is 11.5 Å². The lowest BCUT2D eigenvalue weighted by atomic mass is 9.94. The number of anilines is 1. The smallest absolute Gasteiger partial charge is 0.254 e. The molecule has 2 heterocycles. The Morgan fingerprint density at radius 3 is 2.43 bits per heavy atom. The van der Waals surface area contributed by atoms with Crippen molar-refractivity contribution in [1.29, 1.82) is 0 Å². The lowest BCUT2D eigenvalue weighted by molar-refractivity contribution is -0.116. The summed E-state index contributed by atoms with van der Waals surface area (Å²) in [6.07, 6.45) is 3.19. The average Bonchev–Trinajstić information content (AvgIpc) is 2.87. The number of likely N-dealkylation sites (tertiary alicyclic amines) is 1. The van der Waals surface area contributed by atoms with Crippen molar-refractivity contribution in [1.82, 2.24) is 9.80 Å². The number of nitrogens with one attached hydrogen (secondary N) is 1. The van der Waals surface area contributed by atoms with Gasteiger partial charge >= 0.3 is 0 Å². The van der Waals surface area contributed by atoms with Crippen molar-refractivity contribution < 1.29 is 23.8 Å². The highest BCUT2D eigenvalue weighted by Gasteiger charge is 2.33. The summed E-state index contributed by atoms with van der Waals surface area (Å²) in [5, 5.41) is 2.94. The van der Waals surface area contributed by atoms with Crippen LogP contribution < -0.4 is 19.5 Å². The molecular formula is C26H34ClN3O5. The van der Waals surface area contributed by atoms with Gasteiger partial charge in [-0.1, -0.05) is 0 Å². The zero-order valence-corrected chi connectivity index (χ0v) is 21.4. The molecule has 2 aliphatic rings. The zero-order chi connectivity index (χ0) is 24.1. The second-order valence-electron chi connectivity index (χ2n) is 8.74. The van der Waals surface area contributed by atoms with E-state index in [1.807, 2.05) is 35.2 Å². The molecule has 1 saturated heterocycles. The summed E-state index contributed by atoms with van der Waals surface area (Å²) < 4.78 is 16.0. The molecule has 0 bridgehead atoms. The van der Waals surface area contributed by atoms with Gasteiger partial charge < -0.3 is 29.3 Å². The fraction of sp³-hybridized carbons (Fsp3) is 0.462. The first kappa shape index (κ1) is 26.6. The first-order valence-electron chi connectivity index (χ1n) is 11.7. The van der Waals surface area contributed by atoms with Crippen molar-refractivity contribution >= 4 is 29.9 Å². The maximum atomic E-state index is 13.3. The number of rotatable bonds is 8. The normalized spacial score (nSPS) is 17.7. The topological polar surface area (TPSA) is 80.3 Å².